The molecule has 0 aliphatic heterocycles. The van der Waals surface area contributed by atoms with Crippen LogP contribution in [0.15, 0.2) is 18.2 Å². The average molecular weight is 254 g/mol. The zero-order valence-electron chi connectivity index (χ0n) is 10.6. The van der Waals surface area contributed by atoms with E-state index in [9.17, 15) is 14.3 Å². The molecule has 0 heterocycles. The Morgan fingerprint density at radius 2 is 2.11 bits per heavy atom. The van der Waals surface area contributed by atoms with Crippen molar-refractivity contribution < 1.29 is 14.3 Å². The van der Waals surface area contributed by atoms with Crippen molar-refractivity contribution in [1.29, 1.82) is 0 Å². The summed E-state index contributed by atoms with van der Waals surface area (Å²) >= 11 is 0. The van der Waals surface area contributed by atoms with E-state index in [1.807, 2.05) is 0 Å². The average Bonchev–Trinajstić information content (AvgIpc) is 2.29. The van der Waals surface area contributed by atoms with Crippen molar-refractivity contribution in [2.24, 2.45) is 17.1 Å². The van der Waals surface area contributed by atoms with Crippen LogP contribution in [-0.2, 0) is 11.2 Å². The van der Waals surface area contributed by atoms with Crippen LogP contribution < -0.4 is 11.5 Å². The standard InChI is InChI=1S/C13H19FN2O2/c1-8(2)13(7-15,12(17)18)6-9-3-4-11(16)10(14)5-9/h3-5,8H,6-7,15-16H2,1-2H3,(H,17,18). The largest absolute Gasteiger partial charge is 0.481 e. The molecule has 1 atom stereocenters. The van der Waals surface area contributed by atoms with E-state index in [0.717, 1.165) is 0 Å². The Hall–Kier alpha value is -1.62. The van der Waals surface area contributed by atoms with E-state index in [2.05, 4.69) is 0 Å². The second-order valence-corrected chi connectivity index (χ2v) is 4.85. The van der Waals surface area contributed by atoms with Gasteiger partial charge in [-0.15, -0.1) is 0 Å². The van der Waals surface area contributed by atoms with Gasteiger partial charge in [0.05, 0.1) is 11.1 Å². The van der Waals surface area contributed by atoms with Gasteiger partial charge in [0, 0.05) is 6.54 Å². The number of benzene rings is 1. The summed E-state index contributed by atoms with van der Waals surface area (Å²) in [5, 5.41) is 9.38. The lowest BCUT2D eigenvalue weighted by atomic mass is 9.72. The Labute approximate surface area is 106 Å². The maximum absolute atomic E-state index is 13.4. The third-order valence-electron chi connectivity index (χ3n) is 3.48. The first-order valence-corrected chi connectivity index (χ1v) is 5.81. The molecule has 0 fully saturated rings. The summed E-state index contributed by atoms with van der Waals surface area (Å²) in [7, 11) is 0. The lowest BCUT2D eigenvalue weighted by Crippen LogP contribution is -2.45. The summed E-state index contributed by atoms with van der Waals surface area (Å²) in [5.41, 5.74) is 10.6. The first-order chi connectivity index (χ1) is 8.33. The van der Waals surface area contributed by atoms with Crippen LogP contribution in [0.2, 0.25) is 0 Å². The Morgan fingerprint density at radius 1 is 1.50 bits per heavy atom. The first kappa shape index (κ1) is 14.4. The minimum Gasteiger partial charge on any atom is -0.481 e. The number of hydrogen-bond acceptors (Lipinski definition) is 3. The van der Waals surface area contributed by atoms with Crippen molar-refractivity contribution >= 4 is 11.7 Å². The normalized spacial score (nSPS) is 14.5. The molecular formula is C13H19FN2O2. The quantitative estimate of drug-likeness (QED) is 0.697. The van der Waals surface area contributed by atoms with Gasteiger partial charge in [-0.25, -0.2) is 4.39 Å². The van der Waals surface area contributed by atoms with E-state index in [-0.39, 0.29) is 24.6 Å². The Morgan fingerprint density at radius 3 is 2.50 bits per heavy atom. The summed E-state index contributed by atoms with van der Waals surface area (Å²) in [6, 6.07) is 4.34. The van der Waals surface area contributed by atoms with Crippen molar-refractivity contribution in [1.82, 2.24) is 0 Å². The Balaban J connectivity index is 3.10. The van der Waals surface area contributed by atoms with Crippen molar-refractivity contribution in [3.8, 4) is 0 Å². The van der Waals surface area contributed by atoms with E-state index in [4.69, 9.17) is 11.5 Å². The molecular weight excluding hydrogens is 235 g/mol. The number of hydrogen-bond donors (Lipinski definition) is 3. The molecule has 0 radical (unpaired) electrons. The molecule has 100 valence electrons. The Kier molecular flexibility index (Phi) is 4.29. The lowest BCUT2D eigenvalue weighted by Gasteiger charge is -2.32. The molecule has 4 nitrogen and oxygen atoms in total. The molecule has 0 aliphatic carbocycles. The Bertz CT molecular complexity index is 449. The molecule has 0 saturated carbocycles. The second kappa shape index (κ2) is 5.35. The molecule has 0 aliphatic rings. The van der Waals surface area contributed by atoms with Crippen molar-refractivity contribution in [3.05, 3.63) is 29.6 Å². The summed E-state index contributed by atoms with van der Waals surface area (Å²) in [6.45, 7) is 3.61. The molecule has 1 rings (SSSR count). The highest BCUT2D eigenvalue weighted by Gasteiger charge is 2.40. The summed E-state index contributed by atoms with van der Waals surface area (Å²) in [4.78, 5) is 11.5. The highest BCUT2D eigenvalue weighted by atomic mass is 19.1. The highest BCUT2D eigenvalue weighted by molar-refractivity contribution is 5.75. The van der Waals surface area contributed by atoms with Gasteiger partial charge in [0.15, 0.2) is 0 Å². The lowest BCUT2D eigenvalue weighted by molar-refractivity contribution is -0.151. The highest BCUT2D eigenvalue weighted by Crippen LogP contribution is 2.32. The van der Waals surface area contributed by atoms with Gasteiger partial charge in [-0.3, -0.25) is 4.79 Å². The second-order valence-electron chi connectivity index (χ2n) is 4.85. The monoisotopic (exact) mass is 254 g/mol. The van der Waals surface area contributed by atoms with Crippen LogP contribution in [0.5, 0.6) is 0 Å². The molecule has 18 heavy (non-hydrogen) atoms. The molecule has 0 bridgehead atoms. The van der Waals surface area contributed by atoms with Gasteiger partial charge in [0.2, 0.25) is 0 Å². The third kappa shape index (κ3) is 2.61. The molecule has 0 spiro atoms. The first-order valence-electron chi connectivity index (χ1n) is 5.81. The van der Waals surface area contributed by atoms with Crippen LogP contribution in [0, 0.1) is 17.2 Å². The maximum atomic E-state index is 13.4. The molecule has 0 amide bonds. The number of nitrogen functional groups attached to an aromatic ring is 1. The molecule has 0 saturated heterocycles. The topological polar surface area (TPSA) is 89.3 Å². The third-order valence-corrected chi connectivity index (χ3v) is 3.48. The number of carbonyl (C=O) groups is 1. The SMILES string of the molecule is CC(C)C(CN)(Cc1ccc(N)c(F)c1)C(=O)O. The van der Waals surface area contributed by atoms with E-state index >= 15 is 0 Å². The number of rotatable bonds is 5. The molecule has 1 aromatic rings. The predicted octanol–water partition coefficient (Wildman–Crippen LogP) is 1.64. The minimum atomic E-state index is -1.08. The van der Waals surface area contributed by atoms with Crippen molar-refractivity contribution in [2.45, 2.75) is 20.3 Å². The molecule has 5 N–H and O–H groups in total. The van der Waals surface area contributed by atoms with Crippen LogP contribution in [-0.4, -0.2) is 17.6 Å². The number of anilines is 1. The molecule has 0 aromatic heterocycles. The van der Waals surface area contributed by atoms with Gasteiger partial charge >= 0.3 is 5.97 Å². The number of halogens is 1. The van der Waals surface area contributed by atoms with Crippen molar-refractivity contribution in [2.75, 3.05) is 12.3 Å². The van der Waals surface area contributed by atoms with E-state index in [0.29, 0.717) is 5.56 Å². The zero-order chi connectivity index (χ0) is 13.9. The fourth-order valence-corrected chi connectivity index (χ4v) is 1.97. The fraction of sp³-hybridized carbons (Fsp3) is 0.462. The van der Waals surface area contributed by atoms with Gasteiger partial charge in [-0.05, 0) is 30.0 Å². The van der Waals surface area contributed by atoms with Crippen molar-refractivity contribution in [3.63, 3.8) is 0 Å². The molecule has 5 heteroatoms. The zero-order valence-corrected chi connectivity index (χ0v) is 10.6. The molecule has 1 aromatic carbocycles. The van der Waals surface area contributed by atoms with E-state index < -0.39 is 17.2 Å². The number of carboxylic acid groups (broad SMARTS) is 1. The van der Waals surface area contributed by atoms with Gasteiger partial charge in [0.25, 0.3) is 0 Å². The van der Waals surface area contributed by atoms with Gasteiger partial charge < -0.3 is 16.6 Å². The number of carboxylic acids is 1. The predicted molar refractivity (Wildman–Crippen MR) is 68.5 cm³/mol. The van der Waals surface area contributed by atoms with E-state index in [1.54, 1.807) is 19.9 Å². The number of aliphatic carboxylic acids is 1. The van der Waals surface area contributed by atoms with Crippen LogP contribution in [0.4, 0.5) is 10.1 Å². The smallest absolute Gasteiger partial charge is 0.311 e. The van der Waals surface area contributed by atoms with Crippen LogP contribution >= 0.6 is 0 Å². The summed E-state index contributed by atoms with van der Waals surface area (Å²) in [6.07, 6.45) is 0.188. The van der Waals surface area contributed by atoms with Crippen LogP contribution in [0.1, 0.15) is 19.4 Å². The van der Waals surface area contributed by atoms with Crippen LogP contribution in [0.25, 0.3) is 0 Å². The maximum Gasteiger partial charge on any atom is 0.311 e. The fourth-order valence-electron chi connectivity index (χ4n) is 1.97. The number of nitrogens with two attached hydrogens (primary N) is 2. The molecule has 1 unspecified atom stereocenters. The van der Waals surface area contributed by atoms with E-state index in [1.165, 1.54) is 12.1 Å². The van der Waals surface area contributed by atoms with Gasteiger partial charge in [-0.1, -0.05) is 19.9 Å². The van der Waals surface area contributed by atoms with Crippen LogP contribution in [0.3, 0.4) is 0 Å². The summed E-state index contributed by atoms with van der Waals surface area (Å²) < 4.78 is 13.4. The van der Waals surface area contributed by atoms with Gasteiger partial charge in [-0.2, -0.15) is 0 Å². The summed E-state index contributed by atoms with van der Waals surface area (Å²) in [5.74, 6) is -1.65. The van der Waals surface area contributed by atoms with Gasteiger partial charge in [0.1, 0.15) is 5.82 Å². The minimum absolute atomic E-state index is 0.00595.